The molecule has 6 heterocycles. The third-order valence-corrected chi connectivity index (χ3v) is 17.7. The number of aliphatic hydroxyl groups is 1. The molecular weight excluding hydrogens is 965 g/mol. The molecule has 5 aromatic rings. The molecule has 2 aromatic heterocycles. The van der Waals surface area contributed by atoms with E-state index in [1.54, 1.807) is 12.3 Å². The fourth-order valence-electron chi connectivity index (χ4n) is 12.4. The molecule has 1 spiro atoms. The highest BCUT2D eigenvalue weighted by atomic mass is 32.2. The maximum absolute atomic E-state index is 14.7. The number of H-pyrrole nitrogens is 1. The van der Waals surface area contributed by atoms with E-state index >= 15 is 0 Å². The van der Waals surface area contributed by atoms with Crippen molar-refractivity contribution in [1.82, 2.24) is 19.6 Å². The Labute approximate surface area is 432 Å². The molecule has 18 nitrogen and oxygen atoms in total. The van der Waals surface area contributed by atoms with Gasteiger partial charge in [0.15, 0.2) is 0 Å². The van der Waals surface area contributed by atoms with Gasteiger partial charge in [0.05, 0.1) is 58.6 Å². The molecule has 2 aliphatic carbocycles. The van der Waals surface area contributed by atoms with Crippen molar-refractivity contribution in [2.24, 2.45) is 11.3 Å². The lowest BCUT2D eigenvalue weighted by molar-refractivity contribution is -0.384. The monoisotopic (exact) mass is 1030 g/mol. The van der Waals surface area contributed by atoms with Crippen LogP contribution in [0.1, 0.15) is 107 Å². The predicted molar refractivity (Wildman–Crippen MR) is 281 cm³/mol. The first-order valence-electron chi connectivity index (χ1n) is 26.3. The van der Waals surface area contributed by atoms with Crippen LogP contribution in [0.2, 0.25) is 0 Å². The van der Waals surface area contributed by atoms with Crippen LogP contribution in [-0.4, -0.2) is 121 Å². The van der Waals surface area contributed by atoms with Gasteiger partial charge in [0.25, 0.3) is 21.6 Å². The smallest absolute Gasteiger partial charge is 0.293 e. The number of nitrogens with one attached hydrogen (secondary N) is 3. The largest absolute Gasteiger partial charge is 0.488 e. The summed E-state index contributed by atoms with van der Waals surface area (Å²) in [4.78, 5) is 41.2. The Kier molecular flexibility index (Phi) is 13.3. The van der Waals surface area contributed by atoms with Crippen LogP contribution in [0.4, 0.5) is 28.4 Å². The van der Waals surface area contributed by atoms with E-state index < -0.39 is 43.1 Å². The summed E-state index contributed by atoms with van der Waals surface area (Å²) in [6, 6.07) is 21.7. The number of pyridine rings is 1. The number of nitro benzene ring substituents is 1. The molecule has 0 radical (unpaired) electrons. The standard InChI is InChI=1S/C55H68N8O10S/c1-53(2,3)73-48-8-6-5-7-40(48)47-33-71-26-24-61(47)38-30-55(31-38)19-22-60(23-20-55)37-9-11-41(44(28-37)62-43-16-25-70-34-49(43)72-52-46(62)27-36-15-21-56-50(36)58-52)51(64)59-74(68,69)39-10-12-42(45(29-39)63(66)67)57-32-35-13-17-54(4,65)18-14-35/h5-12,15,21,27-29,35,38,43,47,49,57,65H,13-14,16-20,22-26,30-34H2,1-4H3,(H,56,58)(H,59,64)/t35?,43-,47-,49-,54?/m0/s1. The number of aromatic nitrogens is 2. The average Bonchev–Trinajstić information content (AvgIpc) is 3.83. The lowest BCUT2D eigenvalue weighted by Crippen LogP contribution is -2.58. The molecule has 4 N–H and O–H groups in total. The van der Waals surface area contributed by atoms with E-state index in [4.69, 9.17) is 23.9 Å². The topological polar surface area (TPSA) is 214 Å². The number of hydrogen-bond donors (Lipinski definition) is 4. The molecule has 3 aromatic carbocycles. The number of nitro groups is 1. The minimum absolute atomic E-state index is 0.105. The number of amides is 1. The minimum Gasteiger partial charge on any atom is -0.488 e. The number of piperidine rings is 1. The van der Waals surface area contributed by atoms with E-state index in [0.717, 1.165) is 81.0 Å². The quantitative estimate of drug-likeness (QED) is 0.0680. The van der Waals surface area contributed by atoms with Crippen molar-refractivity contribution in [3.8, 4) is 11.6 Å². The van der Waals surface area contributed by atoms with Gasteiger partial charge in [-0.3, -0.25) is 19.8 Å². The van der Waals surface area contributed by atoms with E-state index in [1.165, 1.54) is 17.7 Å². The Balaban J connectivity index is 0.857. The number of fused-ring (bicyclic) bond motifs is 3. The van der Waals surface area contributed by atoms with E-state index in [9.17, 15) is 28.4 Å². The molecule has 0 bridgehead atoms. The SMILES string of the molecule is CC1(O)CCC(CNc2ccc(S(=O)(=O)NC(=O)c3ccc(N4CCC5(CC4)CC(N4CCOC[C@H]4c4ccccc4OC(C)(C)C)C5)cc3N3c4cc5cc[nH]c5nc4O[C@H]4COCC[C@@H]43)cc2[N+](=O)[O-])CC1. The Morgan fingerprint density at radius 1 is 0.946 bits per heavy atom. The number of rotatable bonds is 12. The Morgan fingerprint density at radius 3 is 2.49 bits per heavy atom. The van der Waals surface area contributed by atoms with Gasteiger partial charge in [-0.1, -0.05) is 18.2 Å². The van der Waals surface area contributed by atoms with Crippen LogP contribution < -0.4 is 29.3 Å². The van der Waals surface area contributed by atoms with Crippen molar-refractivity contribution in [2.45, 2.75) is 126 Å². The minimum atomic E-state index is -4.63. The molecule has 74 heavy (non-hydrogen) atoms. The summed E-state index contributed by atoms with van der Waals surface area (Å²) in [5.41, 5.74) is 2.84. The first-order chi connectivity index (χ1) is 35.4. The van der Waals surface area contributed by atoms with Crippen LogP contribution in [0.15, 0.2) is 83.9 Å². The number of morpholine rings is 1. The first kappa shape index (κ1) is 50.2. The fourth-order valence-corrected chi connectivity index (χ4v) is 13.3. The Morgan fingerprint density at radius 2 is 1.72 bits per heavy atom. The summed E-state index contributed by atoms with van der Waals surface area (Å²) in [5.74, 6) is 0.573. The molecule has 3 atom stereocenters. The van der Waals surface area contributed by atoms with E-state index in [-0.39, 0.29) is 40.3 Å². The highest BCUT2D eigenvalue weighted by molar-refractivity contribution is 7.90. The number of para-hydroxylation sites is 1. The van der Waals surface area contributed by atoms with Gasteiger partial charge in [-0.05, 0) is 145 Å². The fraction of sp³-hybridized carbons (Fsp3) is 0.527. The number of nitrogens with zero attached hydrogens (tertiary/aromatic N) is 5. The summed E-state index contributed by atoms with van der Waals surface area (Å²) in [7, 11) is -4.63. The van der Waals surface area contributed by atoms with Crippen molar-refractivity contribution in [1.29, 1.82) is 0 Å². The van der Waals surface area contributed by atoms with Crippen LogP contribution >= 0.6 is 0 Å². The second-order valence-corrected chi connectivity index (χ2v) is 24.4. The van der Waals surface area contributed by atoms with Gasteiger partial charge in [-0.15, -0.1) is 0 Å². The normalized spacial score (nSPS) is 25.4. The number of benzene rings is 3. The number of sulfonamides is 1. The average molecular weight is 1030 g/mol. The number of ether oxygens (including phenoxy) is 4. The Hall–Kier alpha value is -5.99. The zero-order chi connectivity index (χ0) is 51.6. The van der Waals surface area contributed by atoms with Crippen LogP contribution in [0.3, 0.4) is 0 Å². The van der Waals surface area contributed by atoms with Crippen molar-refractivity contribution in [3.63, 3.8) is 0 Å². The zero-order valence-electron chi connectivity index (χ0n) is 42.7. The van der Waals surface area contributed by atoms with Crippen LogP contribution in [0.25, 0.3) is 11.0 Å². The molecule has 11 rings (SSSR count). The molecule has 4 aliphatic heterocycles. The van der Waals surface area contributed by atoms with Gasteiger partial charge in [-0.2, -0.15) is 4.98 Å². The van der Waals surface area contributed by atoms with Crippen LogP contribution in [-0.2, 0) is 19.5 Å². The summed E-state index contributed by atoms with van der Waals surface area (Å²) >= 11 is 0. The highest BCUT2D eigenvalue weighted by Crippen LogP contribution is 2.54. The van der Waals surface area contributed by atoms with Crippen LogP contribution in [0, 0.1) is 21.4 Å². The molecule has 3 saturated heterocycles. The van der Waals surface area contributed by atoms with E-state index in [1.807, 2.05) is 37.3 Å². The van der Waals surface area contributed by atoms with Crippen LogP contribution in [0.5, 0.6) is 11.6 Å². The lowest BCUT2D eigenvalue weighted by Gasteiger charge is -2.57. The van der Waals surface area contributed by atoms with Gasteiger partial charge >= 0.3 is 0 Å². The van der Waals surface area contributed by atoms with Crippen molar-refractivity contribution in [2.75, 3.05) is 67.7 Å². The maximum atomic E-state index is 14.7. The molecule has 0 unspecified atom stereocenters. The van der Waals surface area contributed by atoms with Gasteiger partial charge in [0.2, 0.25) is 5.88 Å². The third-order valence-electron chi connectivity index (χ3n) is 16.4. The van der Waals surface area contributed by atoms with Crippen molar-refractivity contribution >= 4 is 55.4 Å². The number of carbonyl (C=O) groups is 1. The number of hydrogen-bond acceptors (Lipinski definition) is 15. The zero-order valence-corrected chi connectivity index (χ0v) is 43.5. The Bertz CT molecular complexity index is 3020. The van der Waals surface area contributed by atoms with Gasteiger partial charge < -0.3 is 44.2 Å². The van der Waals surface area contributed by atoms with Crippen molar-refractivity contribution < 1.29 is 42.2 Å². The van der Waals surface area contributed by atoms with E-state index in [2.05, 4.69) is 68.7 Å². The molecule has 6 aliphatic rings. The molecule has 1 amide bonds. The van der Waals surface area contributed by atoms with Gasteiger partial charge in [-0.25, -0.2) is 13.1 Å². The third kappa shape index (κ3) is 10.1. The first-order valence-corrected chi connectivity index (χ1v) is 27.7. The van der Waals surface area contributed by atoms with E-state index in [0.29, 0.717) is 81.2 Å². The van der Waals surface area contributed by atoms with Gasteiger partial charge in [0.1, 0.15) is 34.5 Å². The molecular formula is C55H68N8O10S. The highest BCUT2D eigenvalue weighted by Gasteiger charge is 2.50. The second-order valence-electron chi connectivity index (χ2n) is 22.7. The summed E-state index contributed by atoms with van der Waals surface area (Å²) in [5, 5.41) is 26.8. The molecule has 2 saturated carbocycles. The number of aromatic amines is 1. The summed E-state index contributed by atoms with van der Waals surface area (Å²) in [6.45, 7) is 13.0. The molecule has 394 valence electrons. The predicted octanol–water partition coefficient (Wildman–Crippen LogP) is 8.63. The summed E-state index contributed by atoms with van der Waals surface area (Å²) in [6.07, 6.45) is 8.91. The molecule has 5 fully saturated rings. The van der Waals surface area contributed by atoms with Crippen molar-refractivity contribution in [3.05, 3.63) is 100 Å². The number of carbonyl (C=O) groups excluding carboxylic acids is 1. The van der Waals surface area contributed by atoms with Gasteiger partial charge in [0, 0.05) is 67.7 Å². The lowest BCUT2D eigenvalue weighted by atomic mass is 9.59. The second kappa shape index (κ2) is 19.6. The summed E-state index contributed by atoms with van der Waals surface area (Å²) < 4.78 is 55.6. The molecule has 19 heteroatoms. The number of anilines is 4. The maximum Gasteiger partial charge on any atom is 0.293 e.